The molecular weight excluding hydrogens is 338 g/mol. The molecule has 0 unspecified atom stereocenters. The molecule has 1 aliphatic carbocycles. The van der Waals surface area contributed by atoms with E-state index in [1.165, 1.54) is 12.8 Å². The van der Waals surface area contributed by atoms with Crippen LogP contribution in [0.2, 0.25) is 0 Å². The van der Waals surface area contributed by atoms with Gasteiger partial charge in [0.2, 0.25) is 0 Å². The van der Waals surface area contributed by atoms with Gasteiger partial charge in [0.1, 0.15) is 12.4 Å². The van der Waals surface area contributed by atoms with Crippen molar-refractivity contribution in [2.75, 3.05) is 13.7 Å². The van der Waals surface area contributed by atoms with Crippen LogP contribution >= 0.6 is 0 Å². The molecule has 8 nitrogen and oxygen atoms in total. The Morgan fingerprint density at radius 2 is 2.19 bits per heavy atom. The number of hydrogen-bond donors (Lipinski definition) is 1. The van der Waals surface area contributed by atoms with Gasteiger partial charge in [-0.15, -0.1) is 0 Å². The van der Waals surface area contributed by atoms with E-state index in [0.717, 1.165) is 12.2 Å². The van der Waals surface area contributed by atoms with Crippen molar-refractivity contribution < 1.29 is 23.8 Å². The first kappa shape index (κ1) is 16.8. The van der Waals surface area contributed by atoms with Crippen LogP contribution in [0.5, 0.6) is 0 Å². The number of furan rings is 1. The molecule has 0 bridgehead atoms. The van der Waals surface area contributed by atoms with Crippen molar-refractivity contribution in [2.45, 2.75) is 39.0 Å². The number of hydrogen-bond acceptors (Lipinski definition) is 5. The Labute approximate surface area is 150 Å². The molecule has 138 valence electrons. The van der Waals surface area contributed by atoms with Crippen LogP contribution in [-0.4, -0.2) is 45.3 Å². The number of amides is 1. The van der Waals surface area contributed by atoms with Gasteiger partial charge in [0.05, 0.1) is 6.54 Å². The fourth-order valence-corrected chi connectivity index (χ4v) is 3.40. The van der Waals surface area contributed by atoms with E-state index in [1.54, 1.807) is 24.1 Å². The Morgan fingerprint density at radius 1 is 1.38 bits per heavy atom. The summed E-state index contributed by atoms with van der Waals surface area (Å²) in [5.74, 6) is 0.122. The molecule has 8 heteroatoms. The van der Waals surface area contributed by atoms with Gasteiger partial charge in [-0.25, -0.2) is 4.79 Å². The van der Waals surface area contributed by atoms with Crippen molar-refractivity contribution in [3.8, 4) is 0 Å². The molecule has 1 amide bonds. The van der Waals surface area contributed by atoms with E-state index < -0.39 is 5.97 Å². The summed E-state index contributed by atoms with van der Waals surface area (Å²) in [6.07, 6.45) is 2.94. The Morgan fingerprint density at radius 3 is 2.88 bits per heavy atom. The molecule has 1 aliphatic heterocycles. The number of aromatic nitrogens is 2. The zero-order valence-corrected chi connectivity index (χ0v) is 14.6. The van der Waals surface area contributed by atoms with Crippen LogP contribution in [0.25, 0.3) is 0 Å². The largest absolute Gasteiger partial charge is 0.476 e. The highest BCUT2D eigenvalue weighted by Crippen LogP contribution is 2.33. The van der Waals surface area contributed by atoms with Crippen molar-refractivity contribution in [1.82, 2.24) is 14.7 Å². The fourth-order valence-electron chi connectivity index (χ4n) is 3.40. The molecule has 0 radical (unpaired) electrons. The maximum atomic E-state index is 12.7. The Hall–Kier alpha value is -2.61. The van der Waals surface area contributed by atoms with Gasteiger partial charge in [-0.3, -0.25) is 9.48 Å². The van der Waals surface area contributed by atoms with Crippen LogP contribution in [0.1, 0.15) is 50.9 Å². The van der Waals surface area contributed by atoms with Gasteiger partial charge in [-0.2, -0.15) is 5.10 Å². The average molecular weight is 359 g/mol. The molecule has 0 saturated heterocycles. The molecule has 1 N–H and O–H groups in total. The minimum absolute atomic E-state index is 0.0534. The number of carboxylic acid groups (broad SMARTS) is 1. The van der Waals surface area contributed by atoms with Gasteiger partial charge in [-0.1, -0.05) is 0 Å². The maximum absolute atomic E-state index is 12.7. The zero-order valence-electron chi connectivity index (χ0n) is 14.6. The van der Waals surface area contributed by atoms with E-state index in [0.29, 0.717) is 36.8 Å². The summed E-state index contributed by atoms with van der Waals surface area (Å²) in [5.41, 5.74) is 1.64. The SMILES string of the molecule is COCc1ccc(C(=O)N2CCc3c(c(C(=O)O)nn3CC3CC3)C2)o1. The summed E-state index contributed by atoms with van der Waals surface area (Å²) in [7, 11) is 1.56. The molecule has 26 heavy (non-hydrogen) atoms. The van der Waals surface area contributed by atoms with Gasteiger partial charge >= 0.3 is 5.97 Å². The van der Waals surface area contributed by atoms with Crippen LogP contribution < -0.4 is 0 Å². The number of rotatable bonds is 6. The normalized spacial score (nSPS) is 16.6. The average Bonchev–Trinajstić information content (AvgIpc) is 3.19. The highest BCUT2D eigenvalue weighted by molar-refractivity contribution is 5.92. The van der Waals surface area contributed by atoms with E-state index >= 15 is 0 Å². The molecule has 2 aliphatic rings. The van der Waals surface area contributed by atoms with Crippen LogP contribution in [0.4, 0.5) is 0 Å². The third-order valence-corrected chi connectivity index (χ3v) is 4.91. The predicted molar refractivity (Wildman–Crippen MR) is 89.8 cm³/mol. The lowest BCUT2D eigenvalue weighted by molar-refractivity contribution is 0.0662. The van der Waals surface area contributed by atoms with Gasteiger partial charge in [0.25, 0.3) is 5.91 Å². The molecule has 3 heterocycles. The van der Waals surface area contributed by atoms with E-state index in [4.69, 9.17) is 9.15 Å². The molecule has 0 aromatic carbocycles. The lowest BCUT2D eigenvalue weighted by Gasteiger charge is -2.27. The first-order chi connectivity index (χ1) is 12.6. The predicted octanol–water partition coefficient (Wildman–Crippen LogP) is 1.93. The highest BCUT2D eigenvalue weighted by Gasteiger charge is 2.33. The van der Waals surface area contributed by atoms with Crippen molar-refractivity contribution >= 4 is 11.9 Å². The standard InChI is InChI=1S/C18H21N3O5/c1-25-10-12-4-5-15(26-12)17(22)20-7-6-14-13(9-20)16(18(23)24)19-21(14)8-11-2-3-11/h4-5,11H,2-3,6-10H2,1H3,(H,23,24). The van der Waals surface area contributed by atoms with E-state index in [9.17, 15) is 14.7 Å². The number of aromatic carboxylic acids is 1. The molecule has 1 fully saturated rings. The van der Waals surface area contributed by atoms with Crippen molar-refractivity contribution in [2.24, 2.45) is 5.92 Å². The van der Waals surface area contributed by atoms with Crippen LogP contribution in [-0.2, 0) is 30.9 Å². The molecular formula is C18H21N3O5. The van der Waals surface area contributed by atoms with Gasteiger partial charge in [0, 0.05) is 37.9 Å². The van der Waals surface area contributed by atoms with Crippen LogP contribution in [0.15, 0.2) is 16.5 Å². The molecule has 1 saturated carbocycles. The third-order valence-electron chi connectivity index (χ3n) is 4.91. The van der Waals surface area contributed by atoms with Crippen molar-refractivity contribution in [1.29, 1.82) is 0 Å². The molecule has 4 rings (SSSR count). The molecule has 2 aromatic heterocycles. The van der Waals surface area contributed by atoms with E-state index in [-0.39, 0.29) is 23.9 Å². The summed E-state index contributed by atoms with van der Waals surface area (Å²) in [6, 6.07) is 3.34. The van der Waals surface area contributed by atoms with E-state index in [1.807, 2.05) is 4.68 Å². The summed E-state index contributed by atoms with van der Waals surface area (Å²) in [6.45, 7) is 1.82. The van der Waals surface area contributed by atoms with Gasteiger partial charge in [0.15, 0.2) is 11.5 Å². The highest BCUT2D eigenvalue weighted by atomic mass is 16.5. The fraction of sp³-hybridized carbons (Fsp3) is 0.500. The summed E-state index contributed by atoms with van der Waals surface area (Å²) < 4.78 is 12.4. The van der Waals surface area contributed by atoms with Crippen LogP contribution in [0, 0.1) is 5.92 Å². The summed E-state index contributed by atoms with van der Waals surface area (Å²) in [4.78, 5) is 25.9. The number of nitrogens with zero attached hydrogens (tertiary/aromatic N) is 3. The smallest absolute Gasteiger partial charge is 0.356 e. The third kappa shape index (κ3) is 3.12. The lowest BCUT2D eigenvalue weighted by atomic mass is 10.0. The number of carboxylic acids is 1. The number of fused-ring (bicyclic) bond motifs is 1. The van der Waals surface area contributed by atoms with Crippen molar-refractivity contribution in [3.05, 3.63) is 40.6 Å². The topological polar surface area (TPSA) is 97.8 Å². The first-order valence-corrected chi connectivity index (χ1v) is 8.75. The zero-order chi connectivity index (χ0) is 18.3. The molecule has 2 aromatic rings. The minimum Gasteiger partial charge on any atom is -0.476 e. The number of carbonyl (C=O) groups excluding carboxylic acids is 1. The quantitative estimate of drug-likeness (QED) is 0.846. The van der Waals surface area contributed by atoms with E-state index in [2.05, 4.69) is 5.10 Å². The van der Waals surface area contributed by atoms with Crippen LogP contribution in [0.3, 0.4) is 0 Å². The number of carbonyl (C=O) groups is 2. The summed E-state index contributed by atoms with van der Waals surface area (Å²) >= 11 is 0. The molecule has 0 atom stereocenters. The van der Waals surface area contributed by atoms with Gasteiger partial charge < -0.3 is 19.2 Å². The number of ether oxygens (including phenoxy) is 1. The first-order valence-electron chi connectivity index (χ1n) is 8.75. The second-order valence-corrected chi connectivity index (χ2v) is 6.88. The second kappa shape index (κ2) is 6.60. The van der Waals surface area contributed by atoms with Gasteiger partial charge in [-0.05, 0) is 30.9 Å². The van der Waals surface area contributed by atoms with Crippen molar-refractivity contribution in [3.63, 3.8) is 0 Å². The Balaban J connectivity index is 1.57. The minimum atomic E-state index is -1.05. The lowest BCUT2D eigenvalue weighted by Crippen LogP contribution is -2.36. The molecule has 0 spiro atoms. The second-order valence-electron chi connectivity index (χ2n) is 6.88. The Kier molecular flexibility index (Phi) is 4.28. The Bertz CT molecular complexity index is 849. The maximum Gasteiger partial charge on any atom is 0.356 e. The summed E-state index contributed by atoms with van der Waals surface area (Å²) in [5, 5.41) is 13.8. The number of methoxy groups -OCH3 is 1. The monoisotopic (exact) mass is 359 g/mol.